The zero-order valence-electron chi connectivity index (χ0n) is 8.81. The molecule has 0 radical (unpaired) electrons. The highest BCUT2D eigenvalue weighted by molar-refractivity contribution is 4.93. The molecule has 1 N–H and O–H groups in total. The molecule has 0 rings (SSSR count). The Morgan fingerprint density at radius 2 is 1.83 bits per heavy atom. The highest BCUT2D eigenvalue weighted by atomic mass is 15.0. The van der Waals surface area contributed by atoms with Crippen LogP contribution < -0.4 is 5.32 Å². The molecule has 1 atom stereocenters. The van der Waals surface area contributed by atoms with Crippen LogP contribution in [0.5, 0.6) is 0 Å². The minimum Gasteiger partial charge on any atom is -0.297 e. The van der Waals surface area contributed by atoms with Crippen molar-refractivity contribution >= 4 is 0 Å². The third-order valence-electron chi connectivity index (χ3n) is 1.47. The molecule has 0 amide bonds. The predicted octanol–water partition coefficient (Wildman–Crippen LogP) is 2.31. The zero-order chi connectivity index (χ0) is 9.78. The van der Waals surface area contributed by atoms with Crippen molar-refractivity contribution in [2.45, 2.75) is 52.6 Å². The Morgan fingerprint density at radius 3 is 2.08 bits per heavy atom. The van der Waals surface area contributed by atoms with Gasteiger partial charge < -0.3 is 0 Å². The minimum atomic E-state index is -0.00926. The second-order valence-electron chi connectivity index (χ2n) is 4.71. The summed E-state index contributed by atoms with van der Waals surface area (Å²) in [5.74, 6) is 0.574. The van der Waals surface area contributed by atoms with Gasteiger partial charge in [-0.15, -0.1) is 0 Å². The van der Waals surface area contributed by atoms with Crippen molar-refractivity contribution in [1.29, 1.82) is 5.26 Å². The van der Waals surface area contributed by atoms with Gasteiger partial charge in [-0.25, -0.2) is 0 Å². The number of nitrogens with one attached hydrogen (secondary N) is 1. The first-order valence-electron chi connectivity index (χ1n) is 4.52. The molecule has 1 unspecified atom stereocenters. The van der Waals surface area contributed by atoms with Gasteiger partial charge in [0.2, 0.25) is 0 Å². The molecule has 0 aromatic carbocycles. The van der Waals surface area contributed by atoms with Gasteiger partial charge in [-0.05, 0) is 33.1 Å². The van der Waals surface area contributed by atoms with E-state index >= 15 is 0 Å². The highest BCUT2D eigenvalue weighted by Gasteiger charge is 2.17. The van der Waals surface area contributed by atoms with Crippen LogP contribution in [0.4, 0.5) is 0 Å². The zero-order valence-corrected chi connectivity index (χ0v) is 8.81. The molecule has 2 nitrogen and oxygen atoms in total. The maximum atomic E-state index is 8.83. The van der Waals surface area contributed by atoms with Crippen LogP contribution in [0.3, 0.4) is 0 Å². The van der Waals surface area contributed by atoms with E-state index in [1.807, 2.05) is 0 Å². The second kappa shape index (κ2) is 4.47. The third kappa shape index (κ3) is 6.18. The van der Waals surface area contributed by atoms with E-state index in [0.717, 1.165) is 6.42 Å². The summed E-state index contributed by atoms with van der Waals surface area (Å²) < 4.78 is 0. The molecule has 0 aromatic rings. The van der Waals surface area contributed by atoms with Crippen molar-refractivity contribution in [1.82, 2.24) is 5.32 Å². The summed E-state index contributed by atoms with van der Waals surface area (Å²) in [6.07, 6.45) is 0.924. The van der Waals surface area contributed by atoms with Gasteiger partial charge in [0.25, 0.3) is 0 Å². The molecule has 0 aliphatic rings. The molecule has 0 aliphatic heterocycles. The van der Waals surface area contributed by atoms with E-state index in [-0.39, 0.29) is 11.6 Å². The van der Waals surface area contributed by atoms with Crippen LogP contribution in [-0.2, 0) is 0 Å². The first-order valence-corrected chi connectivity index (χ1v) is 4.52. The SMILES string of the molecule is CC(C)CC(C#N)NC(C)(C)C. The standard InChI is InChI=1S/C10H20N2/c1-8(2)6-9(7-11)12-10(3,4)5/h8-9,12H,6H2,1-5H3. The molecule has 0 saturated carbocycles. The van der Waals surface area contributed by atoms with Crippen LogP contribution >= 0.6 is 0 Å². The maximum absolute atomic E-state index is 8.83. The number of hydrogen-bond acceptors (Lipinski definition) is 2. The van der Waals surface area contributed by atoms with Crippen LogP contribution in [0.1, 0.15) is 41.0 Å². The molecule has 0 aliphatic carbocycles. The average Bonchev–Trinajstić information content (AvgIpc) is 1.82. The molecule has 2 heteroatoms. The number of nitrogens with zero attached hydrogens (tertiary/aromatic N) is 1. The summed E-state index contributed by atoms with van der Waals surface area (Å²) in [5.41, 5.74) is 0.0370. The topological polar surface area (TPSA) is 35.8 Å². The van der Waals surface area contributed by atoms with Gasteiger partial charge in [-0.3, -0.25) is 5.32 Å². The van der Waals surface area contributed by atoms with Gasteiger partial charge in [-0.2, -0.15) is 5.26 Å². The fraction of sp³-hybridized carbons (Fsp3) is 0.900. The van der Waals surface area contributed by atoms with Crippen LogP contribution in [0, 0.1) is 17.2 Å². The second-order valence-corrected chi connectivity index (χ2v) is 4.71. The van der Waals surface area contributed by atoms with E-state index in [0.29, 0.717) is 5.92 Å². The summed E-state index contributed by atoms with van der Waals surface area (Å²) in [6.45, 7) is 10.5. The Kier molecular flexibility index (Phi) is 4.26. The van der Waals surface area contributed by atoms with E-state index in [1.165, 1.54) is 0 Å². The van der Waals surface area contributed by atoms with E-state index in [9.17, 15) is 0 Å². The lowest BCUT2D eigenvalue weighted by atomic mass is 10.0. The summed E-state index contributed by atoms with van der Waals surface area (Å²) in [7, 11) is 0. The monoisotopic (exact) mass is 168 g/mol. The van der Waals surface area contributed by atoms with E-state index < -0.39 is 0 Å². The Labute approximate surface area is 76.0 Å². The van der Waals surface area contributed by atoms with Crippen molar-refractivity contribution < 1.29 is 0 Å². The Morgan fingerprint density at radius 1 is 1.33 bits per heavy atom. The van der Waals surface area contributed by atoms with Crippen molar-refractivity contribution in [2.24, 2.45) is 5.92 Å². The molecular weight excluding hydrogens is 148 g/mol. The van der Waals surface area contributed by atoms with Gasteiger partial charge in [0.1, 0.15) is 0 Å². The van der Waals surface area contributed by atoms with Crippen molar-refractivity contribution in [3.05, 3.63) is 0 Å². The van der Waals surface area contributed by atoms with Crippen LogP contribution in [0.25, 0.3) is 0 Å². The Bertz CT molecular complexity index is 160. The van der Waals surface area contributed by atoms with Gasteiger partial charge in [0.05, 0.1) is 12.1 Å². The van der Waals surface area contributed by atoms with Crippen molar-refractivity contribution in [3.63, 3.8) is 0 Å². The van der Waals surface area contributed by atoms with Gasteiger partial charge >= 0.3 is 0 Å². The largest absolute Gasteiger partial charge is 0.297 e. The van der Waals surface area contributed by atoms with Crippen LogP contribution in [0.15, 0.2) is 0 Å². The molecule has 0 heterocycles. The highest BCUT2D eigenvalue weighted by Crippen LogP contribution is 2.08. The lowest BCUT2D eigenvalue weighted by molar-refractivity contribution is 0.362. The smallest absolute Gasteiger partial charge is 0.0959 e. The predicted molar refractivity (Wildman–Crippen MR) is 51.7 cm³/mol. The summed E-state index contributed by atoms with van der Waals surface area (Å²) >= 11 is 0. The number of hydrogen-bond donors (Lipinski definition) is 1. The molecule has 0 saturated heterocycles. The fourth-order valence-electron chi connectivity index (χ4n) is 1.14. The van der Waals surface area contributed by atoms with Gasteiger partial charge in [0.15, 0.2) is 0 Å². The van der Waals surface area contributed by atoms with Crippen molar-refractivity contribution in [3.8, 4) is 6.07 Å². The summed E-state index contributed by atoms with van der Waals surface area (Å²) in [5, 5.41) is 12.1. The maximum Gasteiger partial charge on any atom is 0.0959 e. The van der Waals surface area contributed by atoms with E-state index in [4.69, 9.17) is 5.26 Å². The number of nitriles is 1. The molecule has 0 spiro atoms. The molecule has 0 aromatic heterocycles. The molecule has 12 heavy (non-hydrogen) atoms. The third-order valence-corrected chi connectivity index (χ3v) is 1.47. The van der Waals surface area contributed by atoms with E-state index in [1.54, 1.807) is 0 Å². The fourth-order valence-corrected chi connectivity index (χ4v) is 1.14. The van der Waals surface area contributed by atoms with Gasteiger partial charge in [0, 0.05) is 5.54 Å². The molecule has 0 bridgehead atoms. The first kappa shape index (κ1) is 11.4. The van der Waals surface area contributed by atoms with Crippen molar-refractivity contribution in [2.75, 3.05) is 0 Å². The lowest BCUT2D eigenvalue weighted by Crippen LogP contribution is -2.43. The quantitative estimate of drug-likeness (QED) is 0.702. The summed E-state index contributed by atoms with van der Waals surface area (Å²) in [6, 6.07) is 2.27. The normalized spacial score (nSPS) is 14.4. The van der Waals surface area contributed by atoms with Crippen LogP contribution in [-0.4, -0.2) is 11.6 Å². The molecule has 0 fully saturated rings. The Hall–Kier alpha value is -0.550. The average molecular weight is 168 g/mol. The molecule has 70 valence electrons. The Balaban J connectivity index is 3.95. The van der Waals surface area contributed by atoms with Crippen LogP contribution in [0.2, 0.25) is 0 Å². The summed E-state index contributed by atoms with van der Waals surface area (Å²) in [4.78, 5) is 0. The lowest BCUT2D eigenvalue weighted by Gasteiger charge is -2.25. The molecular formula is C10H20N2. The minimum absolute atomic E-state index is 0.00926. The van der Waals surface area contributed by atoms with Gasteiger partial charge in [-0.1, -0.05) is 13.8 Å². The number of rotatable bonds is 3. The van der Waals surface area contributed by atoms with E-state index in [2.05, 4.69) is 46.0 Å². The first-order chi connectivity index (χ1) is 5.35.